The van der Waals surface area contributed by atoms with Crippen LogP contribution < -0.4 is 5.32 Å². The van der Waals surface area contributed by atoms with E-state index in [-0.39, 0.29) is 5.82 Å². The van der Waals surface area contributed by atoms with Gasteiger partial charge in [-0.25, -0.2) is 4.39 Å². The summed E-state index contributed by atoms with van der Waals surface area (Å²) in [7, 11) is 0. The Hall–Kier alpha value is -1.91. The lowest BCUT2D eigenvalue weighted by molar-refractivity contribution is -0.110. The molecule has 0 aliphatic heterocycles. The van der Waals surface area contributed by atoms with Crippen molar-refractivity contribution in [2.75, 3.05) is 5.32 Å². The van der Waals surface area contributed by atoms with Crippen molar-refractivity contribution in [1.82, 2.24) is 0 Å². The number of nitrogens with one attached hydrogen (secondary N) is 1. The van der Waals surface area contributed by atoms with Gasteiger partial charge in [0.2, 0.25) is 0 Å². The van der Waals surface area contributed by atoms with Gasteiger partial charge in [-0.3, -0.25) is 4.79 Å². The minimum Gasteiger partial charge on any atom is -0.411 e. The first-order valence-corrected chi connectivity index (χ1v) is 3.88. The van der Waals surface area contributed by atoms with E-state index in [4.69, 9.17) is 5.21 Å². The number of oxime groups is 1. The highest BCUT2D eigenvalue weighted by Crippen LogP contribution is 2.13. The van der Waals surface area contributed by atoms with E-state index in [0.717, 1.165) is 6.21 Å². The fourth-order valence-electron chi connectivity index (χ4n) is 0.949. The van der Waals surface area contributed by atoms with Crippen molar-refractivity contribution in [3.8, 4) is 0 Å². The fourth-order valence-corrected chi connectivity index (χ4v) is 0.949. The van der Waals surface area contributed by atoms with E-state index in [1.807, 2.05) is 0 Å². The molecule has 0 atom stereocenters. The number of halogens is 1. The third-order valence-electron chi connectivity index (χ3n) is 1.60. The minimum atomic E-state index is -0.571. The molecule has 0 unspecified atom stereocenters. The van der Waals surface area contributed by atoms with Crippen LogP contribution in [0.3, 0.4) is 0 Å². The highest BCUT2D eigenvalue weighted by atomic mass is 19.1. The second-order valence-electron chi connectivity index (χ2n) is 2.70. The molecular weight excluding hydrogens is 187 g/mol. The summed E-state index contributed by atoms with van der Waals surface area (Å²) in [5.74, 6) is -0.905. The van der Waals surface area contributed by atoms with Crippen LogP contribution in [0.1, 0.15) is 5.56 Å². The highest BCUT2D eigenvalue weighted by molar-refractivity contribution is 6.31. The van der Waals surface area contributed by atoms with E-state index in [0.29, 0.717) is 11.3 Å². The summed E-state index contributed by atoms with van der Waals surface area (Å²) >= 11 is 0. The molecule has 1 aromatic rings. The Labute approximate surface area is 80.0 Å². The summed E-state index contributed by atoms with van der Waals surface area (Å²) in [4.78, 5) is 10.9. The number of carbonyl (C=O) groups is 1. The lowest BCUT2D eigenvalue weighted by Gasteiger charge is -2.02. The molecule has 0 saturated carbocycles. The fraction of sp³-hybridized carbons (Fsp3) is 0.111. The van der Waals surface area contributed by atoms with Gasteiger partial charge in [-0.15, -0.1) is 0 Å². The molecular formula is C9H9FN2O2. The average molecular weight is 196 g/mol. The monoisotopic (exact) mass is 196 g/mol. The number of nitrogens with zero attached hydrogens (tertiary/aromatic N) is 1. The molecule has 0 bridgehead atoms. The third-order valence-corrected chi connectivity index (χ3v) is 1.60. The van der Waals surface area contributed by atoms with Crippen LogP contribution in [-0.2, 0) is 4.79 Å². The van der Waals surface area contributed by atoms with Crippen molar-refractivity contribution in [3.05, 3.63) is 29.6 Å². The molecule has 0 spiro atoms. The van der Waals surface area contributed by atoms with Gasteiger partial charge < -0.3 is 10.5 Å². The van der Waals surface area contributed by atoms with E-state index in [1.54, 1.807) is 6.92 Å². The van der Waals surface area contributed by atoms with Crippen molar-refractivity contribution in [2.45, 2.75) is 6.92 Å². The summed E-state index contributed by atoms with van der Waals surface area (Å²) in [6, 6.07) is 4.16. The summed E-state index contributed by atoms with van der Waals surface area (Å²) in [6.45, 7) is 1.59. The Morgan fingerprint density at radius 2 is 2.36 bits per heavy atom. The van der Waals surface area contributed by atoms with Crippen LogP contribution in [0, 0.1) is 12.7 Å². The Balaban J connectivity index is 2.78. The van der Waals surface area contributed by atoms with Gasteiger partial charge in [0, 0.05) is 5.69 Å². The van der Waals surface area contributed by atoms with E-state index >= 15 is 0 Å². The zero-order valence-corrected chi connectivity index (χ0v) is 7.49. The van der Waals surface area contributed by atoms with E-state index in [9.17, 15) is 9.18 Å². The van der Waals surface area contributed by atoms with Gasteiger partial charge in [0.1, 0.15) is 12.0 Å². The predicted molar refractivity (Wildman–Crippen MR) is 50.0 cm³/mol. The second kappa shape index (κ2) is 4.36. The van der Waals surface area contributed by atoms with Crippen LogP contribution >= 0.6 is 0 Å². The maximum atomic E-state index is 12.8. The lowest BCUT2D eigenvalue weighted by atomic mass is 10.2. The summed E-state index contributed by atoms with van der Waals surface area (Å²) in [5, 5.41) is 13.0. The van der Waals surface area contributed by atoms with Gasteiger partial charge in [-0.05, 0) is 30.7 Å². The lowest BCUT2D eigenvalue weighted by Crippen LogP contribution is -2.12. The summed E-state index contributed by atoms with van der Waals surface area (Å²) in [5.41, 5.74) is 0.887. The van der Waals surface area contributed by atoms with Crippen LogP contribution in [0.2, 0.25) is 0 Å². The number of aryl methyl sites for hydroxylation is 1. The Bertz CT molecular complexity index is 377. The van der Waals surface area contributed by atoms with Crippen LogP contribution in [0.15, 0.2) is 23.4 Å². The number of amides is 1. The first-order valence-electron chi connectivity index (χ1n) is 3.88. The minimum absolute atomic E-state index is 0.334. The quantitative estimate of drug-likeness (QED) is 0.428. The standard InChI is InChI=1S/C9H9FN2O2/c1-6-4-7(2-3-8(6)10)12-9(13)5-11-14/h2-5,14H,1H3,(H,12,13)/b11-5-. The molecule has 74 valence electrons. The largest absolute Gasteiger partial charge is 0.411 e. The predicted octanol–water partition coefficient (Wildman–Crippen LogP) is 1.53. The molecule has 1 amide bonds. The molecule has 4 nitrogen and oxygen atoms in total. The molecule has 0 aliphatic rings. The second-order valence-corrected chi connectivity index (χ2v) is 2.70. The number of carbonyl (C=O) groups excluding carboxylic acids is 1. The zero-order chi connectivity index (χ0) is 10.6. The number of benzene rings is 1. The Morgan fingerprint density at radius 3 is 2.93 bits per heavy atom. The molecule has 0 radical (unpaired) electrons. The van der Waals surface area contributed by atoms with Crippen LogP contribution in [0.5, 0.6) is 0 Å². The van der Waals surface area contributed by atoms with Gasteiger partial charge >= 0.3 is 0 Å². The first kappa shape index (κ1) is 10.2. The number of hydrogen-bond donors (Lipinski definition) is 2. The van der Waals surface area contributed by atoms with E-state index in [2.05, 4.69) is 10.5 Å². The first-order chi connectivity index (χ1) is 6.63. The Morgan fingerprint density at radius 1 is 1.64 bits per heavy atom. The number of anilines is 1. The molecule has 2 N–H and O–H groups in total. The Kier molecular flexibility index (Phi) is 3.17. The van der Waals surface area contributed by atoms with E-state index in [1.165, 1.54) is 18.2 Å². The van der Waals surface area contributed by atoms with Crippen molar-refractivity contribution >= 4 is 17.8 Å². The average Bonchev–Trinajstić information content (AvgIpc) is 2.12. The highest BCUT2D eigenvalue weighted by Gasteiger charge is 2.01. The molecule has 14 heavy (non-hydrogen) atoms. The van der Waals surface area contributed by atoms with E-state index < -0.39 is 5.91 Å². The summed E-state index contributed by atoms with van der Waals surface area (Å²) < 4.78 is 12.8. The molecule has 0 aliphatic carbocycles. The maximum Gasteiger partial charge on any atom is 0.270 e. The van der Waals surface area contributed by atoms with Crippen molar-refractivity contribution in [1.29, 1.82) is 0 Å². The van der Waals surface area contributed by atoms with Crippen molar-refractivity contribution in [3.63, 3.8) is 0 Å². The topological polar surface area (TPSA) is 61.7 Å². The number of rotatable bonds is 2. The van der Waals surface area contributed by atoms with Gasteiger partial charge in [0.25, 0.3) is 5.91 Å². The number of hydrogen-bond acceptors (Lipinski definition) is 3. The molecule has 0 fully saturated rings. The van der Waals surface area contributed by atoms with Crippen LogP contribution in [0.25, 0.3) is 0 Å². The molecule has 1 aromatic carbocycles. The van der Waals surface area contributed by atoms with Gasteiger partial charge in [0.05, 0.1) is 0 Å². The van der Waals surface area contributed by atoms with Gasteiger partial charge in [-0.2, -0.15) is 0 Å². The van der Waals surface area contributed by atoms with Gasteiger partial charge in [-0.1, -0.05) is 5.16 Å². The normalized spacial score (nSPS) is 10.4. The summed E-state index contributed by atoms with van der Waals surface area (Å²) in [6.07, 6.45) is 0.721. The van der Waals surface area contributed by atoms with Crippen molar-refractivity contribution < 1.29 is 14.4 Å². The maximum absolute atomic E-state index is 12.8. The van der Waals surface area contributed by atoms with Crippen molar-refractivity contribution in [2.24, 2.45) is 5.16 Å². The van der Waals surface area contributed by atoms with Gasteiger partial charge in [0.15, 0.2) is 0 Å². The smallest absolute Gasteiger partial charge is 0.270 e. The molecule has 1 rings (SSSR count). The SMILES string of the molecule is Cc1cc(NC(=O)/C=N\O)ccc1F. The third kappa shape index (κ3) is 2.55. The van der Waals surface area contributed by atoms with Crippen LogP contribution in [0.4, 0.5) is 10.1 Å². The zero-order valence-electron chi connectivity index (χ0n) is 7.49. The molecule has 0 aromatic heterocycles. The molecule has 0 heterocycles. The molecule has 0 saturated heterocycles. The van der Waals surface area contributed by atoms with Crippen LogP contribution in [-0.4, -0.2) is 17.3 Å². The molecule has 5 heteroatoms.